The number of halogens is 4. The lowest BCUT2D eigenvalue weighted by molar-refractivity contribution is 0.182. The number of hydrogen-bond donors (Lipinski definition) is 0. The van der Waals surface area contributed by atoms with E-state index < -0.39 is 5.82 Å². The minimum atomic E-state index is -0.785. The summed E-state index contributed by atoms with van der Waals surface area (Å²) in [5.41, 5.74) is 0.289. The van der Waals surface area contributed by atoms with Crippen LogP contribution in [0.3, 0.4) is 0 Å². The van der Waals surface area contributed by atoms with Gasteiger partial charge in [0.25, 0.3) is 0 Å². The zero-order valence-electron chi connectivity index (χ0n) is 8.47. The molecule has 0 N–H and O–H groups in total. The molecule has 2 rings (SSSR count). The average Bonchev–Trinajstić information content (AvgIpc) is 2.25. The molecule has 0 atom stereocenters. The second kappa shape index (κ2) is 4.86. The van der Waals surface area contributed by atoms with Crippen LogP contribution in [0, 0.1) is 5.82 Å². The van der Waals surface area contributed by atoms with E-state index in [0.29, 0.717) is 5.69 Å². The Hall–Kier alpha value is -0.750. The van der Waals surface area contributed by atoms with E-state index >= 15 is 0 Å². The smallest absolute Gasteiger partial charge is 0.224 e. The molecule has 90 valence electrons. The average molecular weight is 297 g/mol. The molecule has 2 aromatic heterocycles. The van der Waals surface area contributed by atoms with E-state index in [4.69, 9.17) is 39.5 Å². The van der Waals surface area contributed by atoms with Gasteiger partial charge in [-0.1, -0.05) is 23.2 Å². The fourth-order valence-electron chi connectivity index (χ4n) is 1.38. The van der Waals surface area contributed by atoms with Crippen molar-refractivity contribution in [2.45, 2.75) is 6.61 Å². The predicted molar refractivity (Wildman–Crippen MR) is 63.0 cm³/mol. The first-order valence-electron chi connectivity index (χ1n) is 4.40. The Bertz CT molecular complexity index is 593. The number of pyridine rings is 1. The molecule has 0 unspecified atom stereocenters. The molecule has 0 aliphatic carbocycles. The van der Waals surface area contributed by atoms with Crippen LogP contribution in [-0.4, -0.2) is 22.1 Å². The fourth-order valence-corrected chi connectivity index (χ4v) is 2.07. The highest BCUT2D eigenvalue weighted by molar-refractivity contribution is 6.36. The first-order chi connectivity index (χ1) is 8.04. The quantitative estimate of drug-likeness (QED) is 0.485. The third-order valence-corrected chi connectivity index (χ3v) is 2.72. The number of rotatable bonds is 2. The molecular formula is C9H5Cl3FN3O. The van der Waals surface area contributed by atoms with Crippen LogP contribution in [0.25, 0.3) is 10.9 Å². The Balaban J connectivity index is 2.88. The number of ether oxygens (including phenoxy) is 1. The van der Waals surface area contributed by atoms with Crippen LogP contribution in [0.5, 0.6) is 0 Å². The SMILES string of the molecule is COCc1nc(Cl)c(F)c2nc(Cl)nc(Cl)c12. The standard InChI is InChI=1S/C9H5Cl3FN3O/c1-17-2-3-4-6(5(13)8(11)14-3)15-9(12)16-7(4)10/h2H2,1H3. The minimum Gasteiger partial charge on any atom is -0.378 e. The molecule has 0 spiro atoms. The van der Waals surface area contributed by atoms with Crippen molar-refractivity contribution in [3.8, 4) is 0 Å². The van der Waals surface area contributed by atoms with Gasteiger partial charge in [0, 0.05) is 7.11 Å². The Kier molecular flexibility index (Phi) is 3.63. The number of hydrogen-bond acceptors (Lipinski definition) is 4. The fraction of sp³-hybridized carbons (Fsp3) is 0.222. The van der Waals surface area contributed by atoms with Crippen LogP contribution in [0.4, 0.5) is 4.39 Å². The van der Waals surface area contributed by atoms with Gasteiger partial charge in [-0.2, -0.15) is 0 Å². The van der Waals surface area contributed by atoms with Crippen LogP contribution in [-0.2, 0) is 11.3 Å². The van der Waals surface area contributed by atoms with Gasteiger partial charge in [0.1, 0.15) is 10.7 Å². The molecule has 2 heterocycles. The second-order valence-corrected chi connectivity index (χ2v) is 4.16. The van der Waals surface area contributed by atoms with Gasteiger partial charge in [0.05, 0.1) is 17.7 Å². The van der Waals surface area contributed by atoms with Crippen molar-refractivity contribution < 1.29 is 9.13 Å². The minimum absolute atomic E-state index is 0.00937. The summed E-state index contributed by atoms with van der Waals surface area (Å²) in [4.78, 5) is 11.3. The zero-order valence-corrected chi connectivity index (χ0v) is 10.7. The van der Waals surface area contributed by atoms with Gasteiger partial charge in [-0.25, -0.2) is 19.3 Å². The lowest BCUT2D eigenvalue weighted by atomic mass is 10.2. The van der Waals surface area contributed by atoms with E-state index in [1.165, 1.54) is 7.11 Å². The first-order valence-corrected chi connectivity index (χ1v) is 5.53. The summed E-state index contributed by atoms with van der Waals surface area (Å²) in [6.45, 7) is 0.112. The maximum Gasteiger partial charge on any atom is 0.224 e. The molecule has 0 amide bonds. The van der Waals surface area contributed by atoms with E-state index in [-0.39, 0.29) is 33.1 Å². The van der Waals surface area contributed by atoms with Gasteiger partial charge in [0.15, 0.2) is 11.0 Å². The highest BCUT2D eigenvalue weighted by Gasteiger charge is 2.18. The molecule has 4 nitrogen and oxygen atoms in total. The number of aromatic nitrogens is 3. The Morgan fingerprint density at radius 3 is 2.47 bits per heavy atom. The normalized spacial score (nSPS) is 11.1. The summed E-state index contributed by atoms with van der Waals surface area (Å²) >= 11 is 17.1. The summed E-state index contributed by atoms with van der Waals surface area (Å²) in [5.74, 6) is -0.785. The highest BCUT2D eigenvalue weighted by atomic mass is 35.5. The van der Waals surface area contributed by atoms with Gasteiger partial charge in [0.2, 0.25) is 5.28 Å². The largest absolute Gasteiger partial charge is 0.378 e. The summed E-state index contributed by atoms with van der Waals surface area (Å²) in [7, 11) is 1.47. The van der Waals surface area contributed by atoms with Crippen molar-refractivity contribution >= 4 is 45.7 Å². The van der Waals surface area contributed by atoms with Gasteiger partial charge in [-0.15, -0.1) is 0 Å². The lowest BCUT2D eigenvalue weighted by Crippen LogP contribution is -2.01. The van der Waals surface area contributed by atoms with Gasteiger partial charge < -0.3 is 4.74 Å². The number of methoxy groups -OCH3 is 1. The summed E-state index contributed by atoms with van der Waals surface area (Å²) in [6.07, 6.45) is 0. The molecule has 0 radical (unpaired) electrons. The maximum absolute atomic E-state index is 13.7. The van der Waals surface area contributed by atoms with Crippen LogP contribution in [0.1, 0.15) is 5.69 Å². The lowest BCUT2D eigenvalue weighted by Gasteiger charge is -2.08. The monoisotopic (exact) mass is 295 g/mol. The first kappa shape index (κ1) is 12.7. The third-order valence-electron chi connectivity index (χ3n) is 2.03. The van der Waals surface area contributed by atoms with E-state index in [9.17, 15) is 4.39 Å². The molecule has 0 fully saturated rings. The van der Waals surface area contributed by atoms with Crippen LogP contribution in [0.2, 0.25) is 15.6 Å². The van der Waals surface area contributed by atoms with Crippen molar-refractivity contribution in [3.05, 3.63) is 27.1 Å². The van der Waals surface area contributed by atoms with Crippen LogP contribution < -0.4 is 0 Å². The van der Waals surface area contributed by atoms with E-state index in [0.717, 1.165) is 0 Å². The molecule has 0 aromatic carbocycles. The Morgan fingerprint density at radius 1 is 1.12 bits per heavy atom. The van der Waals surface area contributed by atoms with Crippen molar-refractivity contribution in [2.75, 3.05) is 7.11 Å². The highest BCUT2D eigenvalue weighted by Crippen LogP contribution is 2.30. The van der Waals surface area contributed by atoms with E-state index in [1.807, 2.05) is 0 Å². The molecule has 0 saturated heterocycles. The number of fused-ring (bicyclic) bond motifs is 1. The Morgan fingerprint density at radius 2 is 1.82 bits per heavy atom. The Labute approximate surface area is 111 Å². The van der Waals surface area contributed by atoms with Crippen molar-refractivity contribution in [1.82, 2.24) is 15.0 Å². The third kappa shape index (κ3) is 2.28. The van der Waals surface area contributed by atoms with Crippen molar-refractivity contribution in [1.29, 1.82) is 0 Å². The predicted octanol–water partition coefficient (Wildman–Crippen LogP) is 3.27. The van der Waals surface area contributed by atoms with Crippen LogP contribution >= 0.6 is 34.8 Å². The van der Waals surface area contributed by atoms with Crippen molar-refractivity contribution in [3.63, 3.8) is 0 Å². The molecule has 8 heteroatoms. The molecular weight excluding hydrogens is 291 g/mol. The molecule has 2 aromatic rings. The maximum atomic E-state index is 13.7. The molecule has 0 bridgehead atoms. The zero-order chi connectivity index (χ0) is 12.6. The van der Waals surface area contributed by atoms with Gasteiger partial charge >= 0.3 is 0 Å². The molecule has 0 aliphatic rings. The van der Waals surface area contributed by atoms with Gasteiger partial charge in [-0.3, -0.25) is 0 Å². The molecule has 0 saturated carbocycles. The summed E-state index contributed by atoms with van der Waals surface area (Å²) < 4.78 is 18.7. The van der Waals surface area contributed by atoms with Crippen molar-refractivity contribution in [2.24, 2.45) is 0 Å². The number of nitrogens with zero attached hydrogens (tertiary/aromatic N) is 3. The van der Waals surface area contributed by atoms with E-state index in [1.54, 1.807) is 0 Å². The molecule has 17 heavy (non-hydrogen) atoms. The molecule has 0 aliphatic heterocycles. The van der Waals surface area contributed by atoms with Crippen LogP contribution in [0.15, 0.2) is 0 Å². The van der Waals surface area contributed by atoms with Gasteiger partial charge in [-0.05, 0) is 11.6 Å². The second-order valence-electron chi connectivity index (χ2n) is 3.10. The summed E-state index contributed by atoms with van der Waals surface area (Å²) in [5, 5.41) is -0.211. The van der Waals surface area contributed by atoms with E-state index in [2.05, 4.69) is 15.0 Å². The topological polar surface area (TPSA) is 47.9 Å². The summed E-state index contributed by atoms with van der Waals surface area (Å²) in [6, 6.07) is 0.